The van der Waals surface area contributed by atoms with Crippen molar-refractivity contribution >= 4 is 44.7 Å². The number of rotatable bonds is 5. The molecule has 0 bridgehead atoms. The molecule has 0 aliphatic heterocycles. The van der Waals surface area contributed by atoms with Crippen LogP contribution in [0.4, 0.5) is 17.2 Å². The van der Waals surface area contributed by atoms with E-state index in [1.807, 2.05) is 24.3 Å². The third-order valence-corrected chi connectivity index (χ3v) is 4.70. The van der Waals surface area contributed by atoms with E-state index in [2.05, 4.69) is 31.3 Å². The number of hydrazine groups is 1. The van der Waals surface area contributed by atoms with Gasteiger partial charge >= 0.3 is 0 Å². The van der Waals surface area contributed by atoms with Crippen LogP contribution in [0, 0.1) is 5.92 Å². The predicted molar refractivity (Wildman–Crippen MR) is 103 cm³/mol. The lowest BCUT2D eigenvalue weighted by Crippen LogP contribution is -2.31. The molecule has 0 spiro atoms. The molecule has 3 aromatic rings. The molecule has 8 nitrogen and oxygen atoms in total. The zero-order valence-corrected chi connectivity index (χ0v) is 15.5. The number of nitrogens with zero attached hydrogens (tertiary/aromatic N) is 4. The Labute approximate surface area is 158 Å². The van der Waals surface area contributed by atoms with Crippen LogP contribution in [0.3, 0.4) is 0 Å². The van der Waals surface area contributed by atoms with Crippen molar-refractivity contribution in [2.45, 2.75) is 19.4 Å². The summed E-state index contributed by atoms with van der Waals surface area (Å²) in [5.74, 6) is 6.82. The summed E-state index contributed by atoms with van der Waals surface area (Å²) in [7, 11) is 0. The minimum Gasteiger partial charge on any atom is -0.397 e. The Morgan fingerprint density at radius 1 is 1.35 bits per heavy atom. The van der Waals surface area contributed by atoms with E-state index in [1.165, 1.54) is 0 Å². The Morgan fingerprint density at radius 2 is 2.15 bits per heavy atom. The quantitative estimate of drug-likeness (QED) is 0.334. The largest absolute Gasteiger partial charge is 0.397 e. The van der Waals surface area contributed by atoms with Crippen LogP contribution in [-0.4, -0.2) is 20.5 Å². The van der Waals surface area contributed by atoms with E-state index in [-0.39, 0.29) is 11.8 Å². The van der Waals surface area contributed by atoms with Crippen LogP contribution >= 0.6 is 15.9 Å². The molecule has 2 aromatic heterocycles. The molecule has 1 amide bonds. The highest BCUT2D eigenvalue weighted by Crippen LogP contribution is 2.30. The van der Waals surface area contributed by atoms with Crippen molar-refractivity contribution in [1.29, 1.82) is 0 Å². The lowest BCUT2D eigenvalue weighted by Gasteiger charge is -2.20. The van der Waals surface area contributed by atoms with E-state index in [0.29, 0.717) is 29.4 Å². The van der Waals surface area contributed by atoms with Crippen molar-refractivity contribution < 1.29 is 4.79 Å². The number of fused-ring (bicyclic) bond motifs is 1. The summed E-state index contributed by atoms with van der Waals surface area (Å²) in [4.78, 5) is 16.2. The lowest BCUT2D eigenvalue weighted by molar-refractivity contribution is -0.117. The Kier molecular flexibility index (Phi) is 4.25. The maximum Gasteiger partial charge on any atom is 0.228 e. The number of aromatic nitrogens is 3. The highest BCUT2D eigenvalue weighted by atomic mass is 79.9. The van der Waals surface area contributed by atoms with Crippen LogP contribution < -0.4 is 21.9 Å². The molecule has 2 heterocycles. The van der Waals surface area contributed by atoms with Gasteiger partial charge in [-0.25, -0.2) is 15.3 Å². The zero-order chi connectivity index (χ0) is 18.3. The van der Waals surface area contributed by atoms with Crippen LogP contribution in [0.1, 0.15) is 18.5 Å². The van der Waals surface area contributed by atoms with E-state index in [0.717, 1.165) is 23.0 Å². The molecule has 0 saturated heterocycles. The third kappa shape index (κ3) is 3.49. The molecule has 1 fully saturated rings. The first kappa shape index (κ1) is 16.8. The monoisotopic (exact) mass is 415 g/mol. The van der Waals surface area contributed by atoms with E-state index < -0.39 is 0 Å². The number of hydrogen-bond acceptors (Lipinski definition) is 6. The first-order valence-corrected chi connectivity index (χ1v) is 9.02. The smallest absolute Gasteiger partial charge is 0.228 e. The topological polar surface area (TPSA) is 115 Å². The fraction of sp³-hybridized carbons (Fsp3) is 0.235. The molecule has 4 rings (SSSR count). The number of nitrogen functional groups attached to an aromatic ring is 1. The standard InChI is InChI=1S/C17H18BrN7O/c18-11-3-5-13(19)14(7-11)24(20)8-12-4-6-16-21-15(9-25(16)23-12)22-17(26)10-1-2-10/h3-7,9-10H,1-2,8,19-20H2,(H,22,26). The summed E-state index contributed by atoms with van der Waals surface area (Å²) in [5.41, 5.74) is 8.70. The van der Waals surface area contributed by atoms with Gasteiger partial charge in [0.15, 0.2) is 11.5 Å². The van der Waals surface area contributed by atoms with Crippen molar-refractivity contribution in [3.05, 3.63) is 46.7 Å². The summed E-state index contributed by atoms with van der Waals surface area (Å²) in [6.07, 6.45) is 3.60. The maximum atomic E-state index is 11.9. The zero-order valence-electron chi connectivity index (χ0n) is 13.9. The Bertz CT molecular complexity index is 982. The van der Waals surface area contributed by atoms with Crippen molar-refractivity contribution in [2.24, 2.45) is 11.8 Å². The minimum absolute atomic E-state index is 0.0203. The van der Waals surface area contributed by atoms with E-state index in [9.17, 15) is 4.79 Å². The van der Waals surface area contributed by atoms with Gasteiger partial charge in [0.25, 0.3) is 0 Å². The SMILES string of the molecule is Nc1ccc(Br)cc1N(N)Cc1ccc2nc(NC(=O)C3CC3)cn2n1. The number of anilines is 3. The molecular formula is C17H18BrN7O. The fourth-order valence-electron chi connectivity index (χ4n) is 2.67. The third-order valence-electron chi connectivity index (χ3n) is 4.21. The number of nitrogens with one attached hydrogen (secondary N) is 1. The molecule has 1 saturated carbocycles. The molecule has 9 heteroatoms. The molecule has 5 N–H and O–H groups in total. The summed E-state index contributed by atoms with van der Waals surface area (Å²) in [6.45, 7) is 0.374. The number of imidazole rings is 1. The van der Waals surface area contributed by atoms with Gasteiger partial charge in [0, 0.05) is 10.4 Å². The van der Waals surface area contributed by atoms with Crippen LogP contribution in [0.5, 0.6) is 0 Å². The molecule has 1 aromatic carbocycles. The van der Waals surface area contributed by atoms with Gasteiger partial charge in [-0.05, 0) is 43.2 Å². The summed E-state index contributed by atoms with van der Waals surface area (Å²) in [6, 6.07) is 9.20. The first-order valence-electron chi connectivity index (χ1n) is 8.23. The summed E-state index contributed by atoms with van der Waals surface area (Å²) in [5, 5.41) is 8.88. The van der Waals surface area contributed by atoms with E-state index in [4.69, 9.17) is 11.6 Å². The number of nitrogens with two attached hydrogens (primary N) is 2. The molecule has 134 valence electrons. The second kappa shape index (κ2) is 6.58. The van der Waals surface area contributed by atoms with E-state index >= 15 is 0 Å². The summed E-state index contributed by atoms with van der Waals surface area (Å²) < 4.78 is 2.53. The van der Waals surface area contributed by atoms with Crippen LogP contribution in [-0.2, 0) is 11.3 Å². The number of benzene rings is 1. The highest BCUT2D eigenvalue weighted by molar-refractivity contribution is 9.10. The average molecular weight is 416 g/mol. The van der Waals surface area contributed by atoms with Crippen molar-refractivity contribution in [1.82, 2.24) is 14.6 Å². The highest BCUT2D eigenvalue weighted by Gasteiger charge is 2.30. The van der Waals surface area contributed by atoms with Crippen LogP contribution in [0.15, 0.2) is 41.0 Å². The number of carbonyl (C=O) groups is 1. The number of halogens is 1. The van der Waals surface area contributed by atoms with Gasteiger partial charge in [0.05, 0.1) is 29.8 Å². The molecule has 0 atom stereocenters. The van der Waals surface area contributed by atoms with Gasteiger partial charge in [-0.2, -0.15) is 5.10 Å². The van der Waals surface area contributed by atoms with Gasteiger partial charge in [0.2, 0.25) is 5.91 Å². The number of carbonyl (C=O) groups excluding carboxylic acids is 1. The van der Waals surface area contributed by atoms with Crippen LogP contribution in [0.2, 0.25) is 0 Å². The Balaban J connectivity index is 1.53. The van der Waals surface area contributed by atoms with Crippen molar-refractivity contribution in [3.63, 3.8) is 0 Å². The molecule has 1 aliphatic carbocycles. The molecule has 26 heavy (non-hydrogen) atoms. The molecule has 0 unspecified atom stereocenters. The van der Waals surface area contributed by atoms with Crippen molar-refractivity contribution in [3.8, 4) is 0 Å². The Hall–Kier alpha value is -2.65. The van der Waals surface area contributed by atoms with Gasteiger partial charge in [-0.3, -0.25) is 4.79 Å². The second-order valence-electron chi connectivity index (χ2n) is 6.35. The van der Waals surface area contributed by atoms with E-state index in [1.54, 1.807) is 21.8 Å². The van der Waals surface area contributed by atoms with Gasteiger partial charge in [-0.1, -0.05) is 15.9 Å². The fourth-order valence-corrected chi connectivity index (χ4v) is 3.01. The summed E-state index contributed by atoms with van der Waals surface area (Å²) >= 11 is 3.42. The van der Waals surface area contributed by atoms with Gasteiger partial charge < -0.3 is 16.1 Å². The maximum absolute atomic E-state index is 11.9. The second-order valence-corrected chi connectivity index (χ2v) is 7.26. The number of amides is 1. The predicted octanol–water partition coefficient (Wildman–Crippen LogP) is 2.30. The Morgan fingerprint density at radius 3 is 2.92 bits per heavy atom. The van der Waals surface area contributed by atoms with Crippen molar-refractivity contribution in [2.75, 3.05) is 16.1 Å². The van der Waals surface area contributed by atoms with Gasteiger partial charge in [-0.15, -0.1) is 0 Å². The number of hydrogen-bond donors (Lipinski definition) is 3. The average Bonchev–Trinajstić information content (AvgIpc) is 3.38. The molecule has 1 aliphatic rings. The van der Waals surface area contributed by atoms with Gasteiger partial charge in [0.1, 0.15) is 0 Å². The minimum atomic E-state index is 0.0203. The molecular weight excluding hydrogens is 398 g/mol. The lowest BCUT2D eigenvalue weighted by atomic mass is 10.2. The first-order chi connectivity index (χ1) is 12.5. The van der Waals surface area contributed by atoms with Crippen LogP contribution in [0.25, 0.3) is 5.65 Å². The molecule has 0 radical (unpaired) electrons. The normalized spacial score (nSPS) is 13.8.